The summed E-state index contributed by atoms with van der Waals surface area (Å²) in [6.07, 6.45) is 2.52. The zero-order chi connectivity index (χ0) is 24.1. The van der Waals surface area contributed by atoms with Gasteiger partial charge < -0.3 is 19.8 Å². The molecule has 0 aliphatic rings. The van der Waals surface area contributed by atoms with E-state index in [1.807, 2.05) is 24.3 Å². The number of para-hydroxylation sites is 2. The normalized spacial score (nSPS) is 10.8. The van der Waals surface area contributed by atoms with Crippen LogP contribution in [0.15, 0.2) is 65.6 Å². The molecule has 0 bridgehead atoms. The highest BCUT2D eigenvalue weighted by Gasteiger charge is 2.18. The van der Waals surface area contributed by atoms with Crippen molar-refractivity contribution in [1.29, 1.82) is 5.26 Å². The largest absolute Gasteiger partial charge is 0.496 e. The van der Waals surface area contributed by atoms with E-state index in [2.05, 4.69) is 30.2 Å². The van der Waals surface area contributed by atoms with Crippen molar-refractivity contribution in [2.45, 2.75) is 20.3 Å². The third kappa shape index (κ3) is 4.71. The van der Waals surface area contributed by atoms with Crippen LogP contribution in [0.25, 0.3) is 22.0 Å². The number of hydrogen-bond acceptors (Lipinski definition) is 6. The van der Waals surface area contributed by atoms with E-state index in [4.69, 9.17) is 14.5 Å². The van der Waals surface area contributed by atoms with Gasteiger partial charge in [-0.25, -0.2) is 4.98 Å². The number of benzene rings is 2. The summed E-state index contributed by atoms with van der Waals surface area (Å²) in [5.74, 6) is 2.09. The van der Waals surface area contributed by atoms with Crippen molar-refractivity contribution in [2.24, 2.45) is 5.92 Å². The first-order valence-corrected chi connectivity index (χ1v) is 11.1. The first kappa shape index (κ1) is 22.9. The fourth-order valence-electron chi connectivity index (χ4n) is 3.72. The van der Waals surface area contributed by atoms with Gasteiger partial charge in [-0.1, -0.05) is 32.0 Å². The molecule has 2 aromatic carbocycles. The van der Waals surface area contributed by atoms with Crippen molar-refractivity contribution in [3.63, 3.8) is 0 Å². The number of aromatic amines is 1. The van der Waals surface area contributed by atoms with Gasteiger partial charge in [-0.05, 0) is 54.1 Å². The van der Waals surface area contributed by atoms with Crippen LogP contribution in [0.2, 0.25) is 0 Å². The minimum atomic E-state index is -0.266. The third-order valence-electron chi connectivity index (χ3n) is 5.47. The van der Waals surface area contributed by atoms with Gasteiger partial charge in [0.25, 0.3) is 5.56 Å². The van der Waals surface area contributed by atoms with Gasteiger partial charge in [0.2, 0.25) is 0 Å². The lowest BCUT2D eigenvalue weighted by molar-refractivity contribution is 0.291. The average Bonchev–Trinajstić information content (AvgIpc) is 2.84. The van der Waals surface area contributed by atoms with E-state index in [1.165, 1.54) is 0 Å². The lowest BCUT2D eigenvalue weighted by Crippen LogP contribution is -2.10. The predicted molar refractivity (Wildman–Crippen MR) is 134 cm³/mol. The van der Waals surface area contributed by atoms with Crippen molar-refractivity contribution < 1.29 is 9.47 Å². The van der Waals surface area contributed by atoms with Crippen LogP contribution in [0.3, 0.4) is 0 Å². The number of rotatable bonds is 8. The number of methoxy groups -OCH3 is 1. The van der Waals surface area contributed by atoms with Crippen molar-refractivity contribution in [1.82, 2.24) is 9.97 Å². The Labute approximate surface area is 198 Å². The molecule has 4 aromatic rings. The van der Waals surface area contributed by atoms with E-state index in [-0.39, 0.29) is 5.56 Å². The van der Waals surface area contributed by atoms with Crippen molar-refractivity contribution in [3.05, 3.63) is 76.7 Å². The Morgan fingerprint density at radius 1 is 1.12 bits per heavy atom. The molecule has 0 amide bonds. The van der Waals surface area contributed by atoms with Crippen LogP contribution in [0, 0.1) is 17.2 Å². The standard InChI is InChI=1S/C27H26N4O3/c1-17(2)12-14-34-22-9-5-4-8-20(22)30-26-25-18(11-13-29-27(25)32)15-21(31-26)24-19(16-28)7-6-10-23(24)33-3/h4-11,13,15,17H,12,14H2,1-3H3,(H,29,32)(H,30,31). The van der Waals surface area contributed by atoms with Gasteiger partial charge in [0.1, 0.15) is 17.3 Å². The molecule has 7 nitrogen and oxygen atoms in total. The number of anilines is 2. The molecule has 2 heterocycles. The number of hydrogen-bond donors (Lipinski definition) is 2. The van der Waals surface area contributed by atoms with Gasteiger partial charge in [-0.2, -0.15) is 5.26 Å². The van der Waals surface area contributed by atoms with Crippen LogP contribution < -0.4 is 20.3 Å². The monoisotopic (exact) mass is 454 g/mol. The second-order valence-electron chi connectivity index (χ2n) is 8.27. The van der Waals surface area contributed by atoms with Crippen molar-refractivity contribution in [3.8, 4) is 28.8 Å². The highest BCUT2D eigenvalue weighted by molar-refractivity contribution is 5.96. The Balaban J connectivity index is 1.86. The first-order valence-electron chi connectivity index (χ1n) is 11.1. The zero-order valence-electron chi connectivity index (χ0n) is 19.4. The van der Waals surface area contributed by atoms with Gasteiger partial charge in [0, 0.05) is 6.20 Å². The number of nitrogens with one attached hydrogen (secondary N) is 2. The molecule has 0 saturated carbocycles. The van der Waals surface area contributed by atoms with Crippen LogP contribution in [0.1, 0.15) is 25.8 Å². The van der Waals surface area contributed by atoms with Crippen molar-refractivity contribution >= 4 is 22.3 Å². The molecule has 4 rings (SSSR count). The van der Waals surface area contributed by atoms with Crippen molar-refractivity contribution in [2.75, 3.05) is 19.0 Å². The summed E-state index contributed by atoms with van der Waals surface area (Å²) in [7, 11) is 1.55. The van der Waals surface area contributed by atoms with Gasteiger partial charge in [0.15, 0.2) is 0 Å². The van der Waals surface area contributed by atoms with Gasteiger partial charge in [-0.3, -0.25) is 4.79 Å². The van der Waals surface area contributed by atoms with Gasteiger partial charge in [-0.15, -0.1) is 0 Å². The minimum Gasteiger partial charge on any atom is -0.496 e. The quantitative estimate of drug-likeness (QED) is 0.357. The van der Waals surface area contributed by atoms with Gasteiger partial charge in [0.05, 0.1) is 47.7 Å². The second kappa shape index (κ2) is 10.1. The van der Waals surface area contributed by atoms with E-state index >= 15 is 0 Å². The van der Waals surface area contributed by atoms with Crippen LogP contribution >= 0.6 is 0 Å². The SMILES string of the molecule is COc1cccc(C#N)c1-c1cc2cc[nH]c(=O)c2c(Nc2ccccc2OCCC(C)C)n1. The Hall–Kier alpha value is -4.31. The summed E-state index contributed by atoms with van der Waals surface area (Å²) in [6.45, 7) is 4.88. The number of H-pyrrole nitrogens is 1. The smallest absolute Gasteiger partial charge is 0.259 e. The first-order chi connectivity index (χ1) is 16.5. The molecule has 0 unspecified atom stereocenters. The molecule has 34 heavy (non-hydrogen) atoms. The highest BCUT2D eigenvalue weighted by Crippen LogP contribution is 2.36. The number of nitriles is 1. The summed E-state index contributed by atoms with van der Waals surface area (Å²) >= 11 is 0. The maximum absolute atomic E-state index is 12.8. The molecule has 0 atom stereocenters. The second-order valence-corrected chi connectivity index (χ2v) is 8.27. The van der Waals surface area contributed by atoms with Crippen LogP contribution in [-0.2, 0) is 0 Å². The Kier molecular flexibility index (Phi) is 6.79. The molecule has 7 heteroatoms. The molecule has 0 spiro atoms. The summed E-state index contributed by atoms with van der Waals surface area (Å²) in [6, 6.07) is 18.6. The lowest BCUT2D eigenvalue weighted by Gasteiger charge is -2.16. The number of fused-ring (bicyclic) bond motifs is 1. The maximum atomic E-state index is 12.8. The minimum absolute atomic E-state index is 0.266. The number of aromatic nitrogens is 2. The van der Waals surface area contributed by atoms with E-state index < -0.39 is 0 Å². The van der Waals surface area contributed by atoms with E-state index in [1.54, 1.807) is 43.6 Å². The zero-order valence-corrected chi connectivity index (χ0v) is 19.4. The third-order valence-corrected chi connectivity index (χ3v) is 5.47. The molecule has 0 saturated heterocycles. The summed E-state index contributed by atoms with van der Waals surface area (Å²) in [5.41, 5.74) is 1.95. The molecule has 172 valence electrons. The topological polar surface area (TPSA) is 100 Å². The summed E-state index contributed by atoms with van der Waals surface area (Å²) in [5, 5.41) is 14.1. The average molecular weight is 455 g/mol. The van der Waals surface area contributed by atoms with E-state index in [0.29, 0.717) is 63.1 Å². The van der Waals surface area contributed by atoms with Crippen LogP contribution in [0.4, 0.5) is 11.5 Å². The summed E-state index contributed by atoms with van der Waals surface area (Å²) < 4.78 is 11.5. The van der Waals surface area contributed by atoms with Crippen LogP contribution in [-0.4, -0.2) is 23.7 Å². The molecular weight excluding hydrogens is 428 g/mol. The fourth-order valence-corrected chi connectivity index (χ4v) is 3.72. The molecule has 2 N–H and O–H groups in total. The lowest BCUT2D eigenvalue weighted by atomic mass is 10.0. The maximum Gasteiger partial charge on any atom is 0.259 e. The Bertz CT molecular complexity index is 1420. The van der Waals surface area contributed by atoms with E-state index in [0.717, 1.165) is 6.42 Å². The van der Waals surface area contributed by atoms with Gasteiger partial charge >= 0.3 is 0 Å². The fraction of sp³-hybridized carbons (Fsp3) is 0.222. The molecule has 0 fully saturated rings. The highest BCUT2D eigenvalue weighted by atomic mass is 16.5. The predicted octanol–water partition coefficient (Wildman–Crippen LogP) is 5.64. The number of pyridine rings is 2. The summed E-state index contributed by atoms with van der Waals surface area (Å²) in [4.78, 5) is 20.3. The van der Waals surface area contributed by atoms with Crippen LogP contribution in [0.5, 0.6) is 11.5 Å². The van der Waals surface area contributed by atoms with E-state index in [9.17, 15) is 10.1 Å². The molecule has 0 aliphatic heterocycles. The number of nitrogens with zero attached hydrogens (tertiary/aromatic N) is 2. The Morgan fingerprint density at radius 2 is 1.91 bits per heavy atom. The molecular formula is C27H26N4O3. The Morgan fingerprint density at radius 3 is 2.68 bits per heavy atom. The molecule has 2 aromatic heterocycles. The molecule has 0 radical (unpaired) electrons. The number of ether oxygens (including phenoxy) is 2. The molecule has 0 aliphatic carbocycles.